The van der Waals surface area contributed by atoms with Crippen LogP contribution >= 0.6 is 0 Å². The lowest BCUT2D eigenvalue weighted by Crippen LogP contribution is -2.60. The lowest BCUT2D eigenvalue weighted by Gasteiger charge is -2.39. The lowest BCUT2D eigenvalue weighted by atomic mass is 9.99. The number of benzene rings is 2. The van der Waals surface area contributed by atoms with Crippen LogP contribution in [0.4, 0.5) is 5.82 Å². The van der Waals surface area contributed by atoms with Crippen LogP contribution in [0.15, 0.2) is 48.7 Å². The number of aliphatic hydroxyl groups is 4. The normalized spacial score (nSPS) is 26.6. The minimum absolute atomic E-state index is 0.449. The van der Waals surface area contributed by atoms with Gasteiger partial charge in [0.2, 0.25) is 6.29 Å². The van der Waals surface area contributed by atoms with Crippen molar-refractivity contribution in [1.29, 1.82) is 0 Å². The first kappa shape index (κ1) is 20.5. The highest BCUT2D eigenvalue weighted by Gasteiger charge is 2.44. The molecule has 4 rings (SSSR count). The van der Waals surface area contributed by atoms with Crippen molar-refractivity contribution in [1.82, 2.24) is 4.98 Å². The molecule has 1 aliphatic heterocycles. The second-order valence-electron chi connectivity index (χ2n) is 7.43. The first-order valence-electron chi connectivity index (χ1n) is 9.61. The number of anilines is 1. The summed E-state index contributed by atoms with van der Waals surface area (Å²) in [5.74, 6) is 0.915. The molecule has 1 fully saturated rings. The first-order chi connectivity index (χ1) is 14.4. The van der Waals surface area contributed by atoms with Gasteiger partial charge in [-0.1, -0.05) is 18.2 Å². The number of aliphatic hydroxyl groups excluding tert-OH is 4. The van der Waals surface area contributed by atoms with E-state index in [1.54, 1.807) is 12.3 Å². The Kier molecular flexibility index (Phi) is 5.59. The molecule has 0 amide bonds. The van der Waals surface area contributed by atoms with E-state index in [4.69, 9.17) is 15.2 Å². The molecule has 2 aromatic carbocycles. The number of nitrogen functional groups attached to an aromatic ring is 1. The van der Waals surface area contributed by atoms with Crippen LogP contribution in [-0.4, -0.2) is 62.7 Å². The largest absolute Gasteiger partial charge is 0.462 e. The number of aryl methyl sites for hydroxylation is 1. The molecule has 5 atom stereocenters. The average molecular weight is 412 g/mol. The van der Waals surface area contributed by atoms with Gasteiger partial charge >= 0.3 is 0 Å². The predicted octanol–water partition coefficient (Wildman–Crippen LogP) is 0.971. The minimum Gasteiger partial charge on any atom is -0.462 e. The van der Waals surface area contributed by atoms with Crippen molar-refractivity contribution in [2.75, 3.05) is 12.3 Å². The van der Waals surface area contributed by atoms with Gasteiger partial charge in [-0.2, -0.15) is 0 Å². The van der Waals surface area contributed by atoms with Gasteiger partial charge in [0.05, 0.1) is 6.61 Å². The summed E-state index contributed by atoms with van der Waals surface area (Å²) in [6, 6.07) is 13.4. The number of rotatable bonds is 4. The number of nitrogens with two attached hydrogens (primary N) is 1. The highest BCUT2D eigenvalue weighted by Crippen LogP contribution is 2.31. The summed E-state index contributed by atoms with van der Waals surface area (Å²) in [4.78, 5) is 4.13. The van der Waals surface area contributed by atoms with Gasteiger partial charge in [-0.25, -0.2) is 4.98 Å². The average Bonchev–Trinajstić information content (AvgIpc) is 2.75. The molecule has 8 heteroatoms. The monoisotopic (exact) mass is 412 g/mol. The van der Waals surface area contributed by atoms with E-state index in [0.29, 0.717) is 11.6 Å². The number of aromatic nitrogens is 1. The van der Waals surface area contributed by atoms with E-state index in [2.05, 4.69) is 4.98 Å². The number of nitrogens with zero attached hydrogens (tertiary/aromatic N) is 1. The van der Waals surface area contributed by atoms with Gasteiger partial charge < -0.3 is 35.6 Å². The van der Waals surface area contributed by atoms with Crippen molar-refractivity contribution < 1.29 is 29.9 Å². The van der Waals surface area contributed by atoms with Crippen LogP contribution < -0.4 is 10.5 Å². The summed E-state index contributed by atoms with van der Waals surface area (Å²) in [6.07, 6.45) is -4.95. The van der Waals surface area contributed by atoms with Gasteiger partial charge in [0.15, 0.2) is 0 Å². The van der Waals surface area contributed by atoms with Crippen LogP contribution in [0, 0.1) is 6.92 Å². The Hall–Kier alpha value is -2.75. The van der Waals surface area contributed by atoms with Crippen LogP contribution in [0.5, 0.6) is 5.75 Å². The van der Waals surface area contributed by atoms with E-state index >= 15 is 0 Å². The molecule has 6 N–H and O–H groups in total. The Balaban J connectivity index is 1.59. The molecule has 0 unspecified atom stereocenters. The molecule has 2 heterocycles. The third-order valence-corrected chi connectivity index (χ3v) is 5.40. The molecule has 0 saturated carbocycles. The molecule has 1 saturated heterocycles. The molecular weight excluding hydrogens is 388 g/mol. The number of ether oxygens (including phenoxy) is 2. The zero-order valence-corrected chi connectivity index (χ0v) is 16.3. The quantitative estimate of drug-likeness (QED) is 0.427. The Labute approximate surface area is 173 Å². The van der Waals surface area contributed by atoms with Crippen LogP contribution in [0.1, 0.15) is 5.56 Å². The molecular formula is C22H24N2O6. The fourth-order valence-electron chi connectivity index (χ4n) is 3.62. The zero-order chi connectivity index (χ0) is 21.4. The van der Waals surface area contributed by atoms with Crippen molar-refractivity contribution >= 4 is 16.6 Å². The van der Waals surface area contributed by atoms with Gasteiger partial charge in [0.25, 0.3) is 0 Å². The van der Waals surface area contributed by atoms with Gasteiger partial charge in [0.1, 0.15) is 36.0 Å². The Bertz CT molecular complexity index is 1060. The SMILES string of the molecule is Cc1cc(-c2ccc3ccnc(N)c3c2)ccc1O[C@H]1O[C@H](CO)[C@@H](O)[C@H](O)[C@@H]1O. The third-order valence-electron chi connectivity index (χ3n) is 5.40. The van der Waals surface area contributed by atoms with E-state index in [1.807, 2.05) is 43.3 Å². The Morgan fingerprint density at radius 1 is 1.00 bits per heavy atom. The fraction of sp³-hybridized carbons (Fsp3) is 0.318. The standard InChI is InChI=1S/C22H24N2O6/c1-11-8-13(14-3-2-12-6-7-24-21(23)15(12)9-14)4-5-16(11)29-22-20(28)19(27)18(26)17(10-25)30-22/h2-9,17-20,22,25-28H,10H2,1H3,(H2,23,24)/t17-,18-,19+,20+,22+/m1/s1. The van der Waals surface area contributed by atoms with Crippen LogP contribution in [0.3, 0.4) is 0 Å². The molecule has 1 aliphatic rings. The summed E-state index contributed by atoms with van der Waals surface area (Å²) >= 11 is 0. The van der Waals surface area contributed by atoms with Crippen LogP contribution in [0.2, 0.25) is 0 Å². The maximum Gasteiger partial charge on any atom is 0.229 e. The molecule has 3 aromatic rings. The summed E-state index contributed by atoms with van der Waals surface area (Å²) in [5, 5.41) is 41.2. The van der Waals surface area contributed by atoms with Gasteiger partial charge in [-0.05, 0) is 53.3 Å². The van der Waals surface area contributed by atoms with E-state index in [0.717, 1.165) is 27.5 Å². The van der Waals surface area contributed by atoms with E-state index < -0.39 is 37.3 Å². The van der Waals surface area contributed by atoms with Crippen molar-refractivity contribution in [3.05, 3.63) is 54.2 Å². The van der Waals surface area contributed by atoms with E-state index in [1.165, 1.54) is 0 Å². The summed E-state index contributed by atoms with van der Waals surface area (Å²) in [5.41, 5.74) is 8.68. The van der Waals surface area contributed by atoms with E-state index in [-0.39, 0.29) is 0 Å². The Morgan fingerprint density at radius 2 is 1.73 bits per heavy atom. The third kappa shape index (κ3) is 3.71. The molecule has 1 aromatic heterocycles. The van der Waals surface area contributed by atoms with Crippen LogP contribution in [-0.2, 0) is 4.74 Å². The maximum absolute atomic E-state index is 10.2. The van der Waals surface area contributed by atoms with Gasteiger partial charge in [-0.3, -0.25) is 0 Å². The maximum atomic E-state index is 10.2. The number of fused-ring (bicyclic) bond motifs is 1. The molecule has 0 aliphatic carbocycles. The fourth-order valence-corrected chi connectivity index (χ4v) is 3.62. The second-order valence-corrected chi connectivity index (χ2v) is 7.43. The topological polar surface area (TPSA) is 138 Å². The van der Waals surface area contributed by atoms with Crippen molar-refractivity contribution in [3.8, 4) is 16.9 Å². The van der Waals surface area contributed by atoms with Crippen LogP contribution in [0.25, 0.3) is 21.9 Å². The van der Waals surface area contributed by atoms with Gasteiger partial charge in [0, 0.05) is 11.6 Å². The summed E-state index contributed by atoms with van der Waals surface area (Å²) in [6.45, 7) is 1.34. The lowest BCUT2D eigenvalue weighted by molar-refractivity contribution is -0.277. The summed E-state index contributed by atoms with van der Waals surface area (Å²) < 4.78 is 11.2. The molecule has 0 radical (unpaired) electrons. The molecule has 0 spiro atoms. The van der Waals surface area contributed by atoms with E-state index in [9.17, 15) is 20.4 Å². The first-order valence-corrected chi connectivity index (χ1v) is 9.61. The van der Waals surface area contributed by atoms with Gasteiger partial charge in [-0.15, -0.1) is 0 Å². The number of hydrogen-bond acceptors (Lipinski definition) is 8. The molecule has 158 valence electrons. The Morgan fingerprint density at radius 3 is 2.47 bits per heavy atom. The zero-order valence-electron chi connectivity index (χ0n) is 16.3. The number of pyridine rings is 1. The molecule has 0 bridgehead atoms. The smallest absolute Gasteiger partial charge is 0.229 e. The second kappa shape index (κ2) is 8.17. The number of hydrogen-bond donors (Lipinski definition) is 5. The summed E-state index contributed by atoms with van der Waals surface area (Å²) in [7, 11) is 0. The highest BCUT2D eigenvalue weighted by molar-refractivity contribution is 5.94. The highest BCUT2D eigenvalue weighted by atomic mass is 16.7. The predicted molar refractivity (Wildman–Crippen MR) is 111 cm³/mol. The minimum atomic E-state index is -1.49. The molecule has 30 heavy (non-hydrogen) atoms. The van der Waals surface area contributed by atoms with Crippen molar-refractivity contribution in [2.24, 2.45) is 0 Å². The van der Waals surface area contributed by atoms with Crippen molar-refractivity contribution in [3.63, 3.8) is 0 Å². The molecule has 8 nitrogen and oxygen atoms in total. The van der Waals surface area contributed by atoms with Crippen molar-refractivity contribution in [2.45, 2.75) is 37.6 Å².